The molecule has 0 unspecified atom stereocenters. The molecule has 0 spiro atoms. The van der Waals surface area contributed by atoms with Crippen molar-refractivity contribution in [2.24, 2.45) is 0 Å². The van der Waals surface area contributed by atoms with Crippen molar-refractivity contribution in [2.45, 2.75) is 72.6 Å². The van der Waals surface area contributed by atoms with Crippen molar-refractivity contribution < 1.29 is 4.79 Å². The summed E-state index contributed by atoms with van der Waals surface area (Å²) in [7, 11) is 3.51. The maximum absolute atomic E-state index is 12.1. The van der Waals surface area contributed by atoms with E-state index in [0.29, 0.717) is 5.69 Å². The summed E-state index contributed by atoms with van der Waals surface area (Å²) in [5.74, 6) is -0.0643. The fourth-order valence-electron chi connectivity index (χ4n) is 3.25. The zero-order chi connectivity index (χ0) is 18.0. The quantitative estimate of drug-likeness (QED) is 0.484. The molecule has 1 amide bonds. The van der Waals surface area contributed by atoms with Gasteiger partial charge in [-0.2, -0.15) is 0 Å². The summed E-state index contributed by atoms with van der Waals surface area (Å²) in [6.07, 6.45) is 11.3. The third kappa shape index (κ3) is 6.01. The first kappa shape index (κ1) is 21.4. The summed E-state index contributed by atoms with van der Waals surface area (Å²) in [5.41, 5.74) is 0.463. The van der Waals surface area contributed by atoms with E-state index in [0.717, 1.165) is 0 Å². The molecule has 0 N–H and O–H groups in total. The van der Waals surface area contributed by atoms with Crippen molar-refractivity contribution in [2.75, 3.05) is 14.1 Å². The summed E-state index contributed by atoms with van der Waals surface area (Å²) in [6.45, 7) is 6.84. The predicted octanol–water partition coefficient (Wildman–Crippen LogP) is 4.23. The number of unbranched alkanes of at least 4 members (excludes halogenated alkanes) is 3. The van der Waals surface area contributed by atoms with Crippen LogP contribution in [0.2, 0.25) is 13.3 Å². The van der Waals surface area contributed by atoms with Gasteiger partial charge >= 0.3 is 152 Å². The van der Waals surface area contributed by atoms with Gasteiger partial charge in [0, 0.05) is 0 Å². The van der Waals surface area contributed by atoms with Crippen LogP contribution in [0.4, 0.5) is 0 Å². The van der Waals surface area contributed by atoms with Gasteiger partial charge in [-0.3, -0.25) is 0 Å². The predicted molar refractivity (Wildman–Crippen MR) is 105 cm³/mol. The number of carbonyl (C=O) groups is 1. The van der Waals surface area contributed by atoms with Gasteiger partial charge in [0.05, 0.1) is 0 Å². The summed E-state index contributed by atoms with van der Waals surface area (Å²) in [5, 5.41) is 0. The standard InChI is InChI=1S/C7H8N3O.3C4H9.Sn/c1-10(2)7(11)6-5-8-3-4-9-6;3*1-3-4-2;/h4-5H,1-2H3;3*1,3-4H2,2H3;. The molecule has 0 bridgehead atoms. The van der Waals surface area contributed by atoms with E-state index in [1.54, 1.807) is 25.2 Å². The van der Waals surface area contributed by atoms with Gasteiger partial charge in [-0.1, -0.05) is 0 Å². The van der Waals surface area contributed by atoms with Gasteiger partial charge in [-0.15, -0.1) is 0 Å². The van der Waals surface area contributed by atoms with E-state index >= 15 is 0 Å². The number of hydrogen-bond donors (Lipinski definition) is 0. The molecule has 1 rings (SSSR count). The molecule has 0 aliphatic rings. The minimum absolute atomic E-state index is 0.0643. The van der Waals surface area contributed by atoms with Gasteiger partial charge in [-0.05, 0) is 0 Å². The van der Waals surface area contributed by atoms with Crippen molar-refractivity contribution in [3.8, 4) is 0 Å². The third-order valence-corrected chi connectivity index (χ3v) is 19.9. The molecule has 1 aromatic heterocycles. The SMILES string of the molecule is CCC[CH2][Sn]([CH2]CCC)([CH2]CCC)[c]1cnc(C(=O)N(C)C)cn1. The first-order valence-electron chi connectivity index (χ1n) is 9.55. The molecule has 0 atom stereocenters. The topological polar surface area (TPSA) is 46.1 Å². The van der Waals surface area contributed by atoms with Crippen LogP contribution in [0.5, 0.6) is 0 Å². The molecule has 0 aliphatic carbocycles. The van der Waals surface area contributed by atoms with Gasteiger partial charge in [0.15, 0.2) is 0 Å². The zero-order valence-corrected chi connectivity index (χ0v) is 19.1. The number of aromatic nitrogens is 2. The number of rotatable bonds is 11. The minimum atomic E-state index is -2.51. The Balaban J connectivity index is 3.12. The second-order valence-corrected chi connectivity index (χ2v) is 20.1. The van der Waals surface area contributed by atoms with Crippen LogP contribution in [0.15, 0.2) is 12.4 Å². The van der Waals surface area contributed by atoms with Gasteiger partial charge in [0.1, 0.15) is 0 Å². The van der Waals surface area contributed by atoms with Crippen molar-refractivity contribution >= 4 is 28.0 Å². The molecule has 0 saturated heterocycles. The van der Waals surface area contributed by atoms with E-state index in [9.17, 15) is 4.79 Å². The molecule has 4 nitrogen and oxygen atoms in total. The Hall–Kier alpha value is -0.651. The molecule has 0 saturated carbocycles. The van der Waals surface area contributed by atoms with Gasteiger partial charge in [0.25, 0.3) is 0 Å². The molecule has 1 heterocycles. The van der Waals surface area contributed by atoms with Crippen LogP contribution in [0.25, 0.3) is 0 Å². The van der Waals surface area contributed by atoms with Crippen molar-refractivity contribution in [1.82, 2.24) is 14.9 Å². The van der Waals surface area contributed by atoms with E-state index < -0.39 is 18.4 Å². The van der Waals surface area contributed by atoms with Crippen molar-refractivity contribution in [3.05, 3.63) is 18.1 Å². The molecule has 0 radical (unpaired) electrons. The molecule has 0 fully saturated rings. The van der Waals surface area contributed by atoms with Gasteiger partial charge < -0.3 is 0 Å². The average Bonchev–Trinajstić information content (AvgIpc) is 2.61. The monoisotopic (exact) mass is 441 g/mol. The molecular formula is C19H35N3OSn. The number of nitrogens with zero attached hydrogens (tertiary/aromatic N) is 3. The molecule has 24 heavy (non-hydrogen) atoms. The zero-order valence-electron chi connectivity index (χ0n) is 16.3. The van der Waals surface area contributed by atoms with Crippen LogP contribution >= 0.6 is 0 Å². The van der Waals surface area contributed by atoms with Gasteiger partial charge in [0.2, 0.25) is 0 Å². The molecular weight excluding hydrogens is 405 g/mol. The van der Waals surface area contributed by atoms with Crippen LogP contribution in [0.1, 0.15) is 69.8 Å². The molecule has 5 heteroatoms. The van der Waals surface area contributed by atoms with E-state index in [4.69, 9.17) is 4.98 Å². The van der Waals surface area contributed by atoms with Crippen LogP contribution in [-0.4, -0.2) is 53.2 Å². The summed E-state index contributed by atoms with van der Waals surface area (Å²) in [4.78, 5) is 22.9. The molecule has 1 aromatic rings. The second-order valence-electron chi connectivity index (χ2n) is 7.08. The van der Waals surface area contributed by atoms with Crippen LogP contribution in [0, 0.1) is 0 Å². The fraction of sp³-hybridized carbons (Fsp3) is 0.737. The van der Waals surface area contributed by atoms with Crippen LogP contribution < -0.4 is 3.71 Å². The Kier molecular flexibility index (Phi) is 9.86. The van der Waals surface area contributed by atoms with Gasteiger partial charge in [-0.25, -0.2) is 0 Å². The third-order valence-electron chi connectivity index (χ3n) is 4.85. The summed E-state index contributed by atoms with van der Waals surface area (Å²) < 4.78 is 5.41. The maximum atomic E-state index is 12.1. The number of carbonyl (C=O) groups excluding carboxylic acids is 1. The number of amides is 1. The van der Waals surface area contributed by atoms with Crippen LogP contribution in [-0.2, 0) is 0 Å². The van der Waals surface area contributed by atoms with Crippen molar-refractivity contribution in [1.29, 1.82) is 0 Å². The van der Waals surface area contributed by atoms with E-state index in [-0.39, 0.29) is 5.91 Å². The second kappa shape index (κ2) is 11.1. The fourth-order valence-corrected chi connectivity index (χ4v) is 18.3. The van der Waals surface area contributed by atoms with Crippen molar-refractivity contribution in [3.63, 3.8) is 0 Å². The normalized spacial score (nSPS) is 11.5. The van der Waals surface area contributed by atoms with E-state index in [1.807, 2.05) is 6.20 Å². The Morgan fingerprint density at radius 2 is 1.42 bits per heavy atom. The summed E-state index contributed by atoms with van der Waals surface area (Å²) in [6, 6.07) is 0. The first-order chi connectivity index (χ1) is 11.5. The van der Waals surface area contributed by atoms with E-state index in [1.165, 1.54) is 55.5 Å². The number of hydrogen-bond acceptors (Lipinski definition) is 3. The average molecular weight is 440 g/mol. The van der Waals surface area contributed by atoms with E-state index in [2.05, 4.69) is 25.8 Å². The Morgan fingerprint density at radius 3 is 1.75 bits per heavy atom. The Labute approximate surface area is 152 Å². The summed E-state index contributed by atoms with van der Waals surface area (Å²) >= 11 is -2.51. The molecule has 0 aliphatic heterocycles. The molecule has 136 valence electrons. The Bertz CT molecular complexity index is 466. The first-order valence-corrected chi connectivity index (χ1v) is 17.0. The van der Waals surface area contributed by atoms with Crippen LogP contribution in [0.3, 0.4) is 0 Å². The molecule has 0 aromatic carbocycles. The Morgan fingerprint density at radius 1 is 0.917 bits per heavy atom.